The monoisotopic (exact) mass is 281 g/mol. The normalized spacial score (nSPS) is 16.2. The van der Waals surface area contributed by atoms with Gasteiger partial charge in [0.2, 0.25) is 0 Å². The third kappa shape index (κ3) is 4.04. The van der Waals surface area contributed by atoms with Crippen molar-refractivity contribution in [2.75, 3.05) is 19.0 Å². The molecule has 0 amide bonds. The number of hydrogen-bond donors (Lipinski definition) is 0. The van der Waals surface area contributed by atoms with Crippen LogP contribution in [-0.4, -0.2) is 34.9 Å². The van der Waals surface area contributed by atoms with Crippen LogP contribution in [0.3, 0.4) is 0 Å². The van der Waals surface area contributed by atoms with Gasteiger partial charge < -0.3 is 4.74 Å². The summed E-state index contributed by atoms with van der Waals surface area (Å²) in [6.07, 6.45) is 1.97. The lowest BCUT2D eigenvalue weighted by molar-refractivity contribution is -0.384. The van der Waals surface area contributed by atoms with Crippen molar-refractivity contribution in [3.05, 3.63) is 39.9 Å². The molecule has 0 atom stereocenters. The Morgan fingerprint density at radius 1 is 1.32 bits per heavy atom. The van der Waals surface area contributed by atoms with Crippen LogP contribution in [0.25, 0.3) is 0 Å². The first-order valence-electron chi connectivity index (χ1n) is 6.14. The van der Waals surface area contributed by atoms with E-state index in [1.165, 1.54) is 24.3 Å². The minimum Gasteiger partial charge on any atom is -0.381 e. The summed E-state index contributed by atoms with van der Waals surface area (Å²) in [5.74, 6) is 0.439. The summed E-state index contributed by atoms with van der Waals surface area (Å²) in [7, 11) is 0. The van der Waals surface area contributed by atoms with Gasteiger partial charge >= 0.3 is 0 Å². The number of thioether (sulfide) groups is 1. The summed E-state index contributed by atoms with van der Waals surface area (Å²) in [6.45, 7) is 1.53. The maximum absolute atomic E-state index is 11.9. The van der Waals surface area contributed by atoms with E-state index in [9.17, 15) is 14.9 Å². The largest absolute Gasteiger partial charge is 0.381 e. The smallest absolute Gasteiger partial charge is 0.269 e. The van der Waals surface area contributed by atoms with Gasteiger partial charge in [-0.1, -0.05) is 0 Å². The number of carbonyl (C=O) groups excluding carboxylic acids is 1. The summed E-state index contributed by atoms with van der Waals surface area (Å²) in [6, 6.07) is 5.77. The molecule has 1 heterocycles. The molecule has 1 fully saturated rings. The Bertz CT molecular complexity index is 454. The number of ether oxygens (including phenoxy) is 1. The first-order valence-corrected chi connectivity index (χ1v) is 7.18. The van der Waals surface area contributed by atoms with Crippen molar-refractivity contribution in [2.45, 2.75) is 18.1 Å². The molecule has 1 aliphatic heterocycles. The number of hydrogen-bond acceptors (Lipinski definition) is 5. The van der Waals surface area contributed by atoms with Crippen LogP contribution in [0.5, 0.6) is 0 Å². The molecule has 0 N–H and O–H groups in total. The minimum absolute atomic E-state index is 0.00799. The Balaban J connectivity index is 1.86. The van der Waals surface area contributed by atoms with Gasteiger partial charge in [-0.2, -0.15) is 11.8 Å². The van der Waals surface area contributed by atoms with E-state index in [2.05, 4.69) is 0 Å². The van der Waals surface area contributed by atoms with E-state index >= 15 is 0 Å². The summed E-state index contributed by atoms with van der Waals surface area (Å²) in [5, 5.41) is 11.0. The predicted molar refractivity (Wildman–Crippen MR) is 73.7 cm³/mol. The molecule has 5 nitrogen and oxygen atoms in total. The first kappa shape index (κ1) is 14.0. The highest BCUT2D eigenvalue weighted by Gasteiger charge is 2.16. The van der Waals surface area contributed by atoms with E-state index in [0.29, 0.717) is 16.6 Å². The van der Waals surface area contributed by atoms with Crippen molar-refractivity contribution >= 4 is 23.2 Å². The SMILES string of the molecule is O=C(CSC1CCOCC1)c1ccc([N+](=O)[O-])cc1. The highest BCUT2D eigenvalue weighted by Crippen LogP contribution is 2.23. The van der Waals surface area contributed by atoms with Crippen LogP contribution in [-0.2, 0) is 4.74 Å². The lowest BCUT2D eigenvalue weighted by Crippen LogP contribution is -2.19. The molecule has 1 aliphatic rings. The van der Waals surface area contributed by atoms with Crippen LogP contribution < -0.4 is 0 Å². The molecule has 0 radical (unpaired) electrons. The van der Waals surface area contributed by atoms with Crippen LogP contribution in [0.2, 0.25) is 0 Å². The van der Waals surface area contributed by atoms with Crippen molar-refractivity contribution in [1.82, 2.24) is 0 Å². The number of ketones is 1. The predicted octanol–water partition coefficient (Wildman–Crippen LogP) is 2.69. The van der Waals surface area contributed by atoms with Crippen molar-refractivity contribution < 1.29 is 14.5 Å². The van der Waals surface area contributed by atoms with Gasteiger partial charge in [-0.15, -0.1) is 0 Å². The molecule has 1 aromatic carbocycles. The summed E-state index contributed by atoms with van der Waals surface area (Å²) in [5.41, 5.74) is 0.541. The van der Waals surface area contributed by atoms with Crippen LogP contribution >= 0.6 is 11.8 Å². The molecule has 0 aliphatic carbocycles. The fourth-order valence-corrected chi connectivity index (χ4v) is 2.97. The molecule has 0 unspecified atom stereocenters. The topological polar surface area (TPSA) is 69.4 Å². The average molecular weight is 281 g/mol. The molecule has 0 bridgehead atoms. The molecule has 1 saturated heterocycles. The summed E-state index contributed by atoms with van der Waals surface area (Å²) >= 11 is 1.65. The van der Waals surface area contributed by atoms with Crippen molar-refractivity contribution in [3.8, 4) is 0 Å². The maximum Gasteiger partial charge on any atom is 0.269 e. The Labute approximate surface area is 115 Å². The highest BCUT2D eigenvalue weighted by molar-refractivity contribution is 8.00. The Kier molecular flexibility index (Phi) is 4.93. The lowest BCUT2D eigenvalue weighted by atomic mass is 10.1. The molecule has 0 spiro atoms. The van der Waals surface area contributed by atoms with Gasteiger partial charge in [-0.25, -0.2) is 0 Å². The quantitative estimate of drug-likeness (QED) is 0.471. The second-order valence-electron chi connectivity index (χ2n) is 4.35. The van der Waals surface area contributed by atoms with Gasteiger partial charge in [0.25, 0.3) is 5.69 Å². The molecule has 19 heavy (non-hydrogen) atoms. The Hall–Kier alpha value is -1.40. The van der Waals surface area contributed by atoms with Gasteiger partial charge in [0.05, 0.1) is 10.7 Å². The average Bonchev–Trinajstić information content (AvgIpc) is 2.46. The van der Waals surface area contributed by atoms with Gasteiger partial charge in [0, 0.05) is 36.2 Å². The Morgan fingerprint density at radius 2 is 1.95 bits per heavy atom. The minimum atomic E-state index is -0.467. The van der Waals surface area contributed by atoms with E-state index in [1.54, 1.807) is 11.8 Å². The molecule has 0 saturated carbocycles. The number of carbonyl (C=O) groups is 1. The second kappa shape index (κ2) is 6.68. The van der Waals surface area contributed by atoms with E-state index in [-0.39, 0.29) is 11.5 Å². The van der Waals surface area contributed by atoms with Gasteiger partial charge in [0.1, 0.15) is 0 Å². The zero-order chi connectivity index (χ0) is 13.7. The van der Waals surface area contributed by atoms with E-state index < -0.39 is 4.92 Å². The summed E-state index contributed by atoms with van der Waals surface area (Å²) < 4.78 is 5.26. The number of nitro groups is 1. The fraction of sp³-hybridized carbons (Fsp3) is 0.462. The van der Waals surface area contributed by atoms with Crippen LogP contribution in [0.1, 0.15) is 23.2 Å². The lowest BCUT2D eigenvalue weighted by Gasteiger charge is -2.21. The number of Topliss-reactive ketones (excluding diaryl/α,β-unsaturated/α-hetero) is 1. The molecule has 6 heteroatoms. The van der Waals surface area contributed by atoms with E-state index in [1.807, 2.05) is 0 Å². The third-order valence-corrected chi connectivity index (χ3v) is 4.39. The molecular weight excluding hydrogens is 266 g/mol. The van der Waals surface area contributed by atoms with Crippen molar-refractivity contribution in [1.29, 1.82) is 0 Å². The fourth-order valence-electron chi connectivity index (χ4n) is 1.89. The van der Waals surface area contributed by atoms with Gasteiger partial charge in [-0.05, 0) is 25.0 Å². The molecule has 0 aromatic heterocycles. The maximum atomic E-state index is 11.9. The molecule has 2 rings (SSSR count). The Morgan fingerprint density at radius 3 is 2.53 bits per heavy atom. The zero-order valence-corrected chi connectivity index (χ0v) is 11.2. The zero-order valence-electron chi connectivity index (χ0n) is 10.4. The number of nitro benzene ring substituents is 1. The molecule has 102 valence electrons. The number of rotatable bonds is 5. The summed E-state index contributed by atoms with van der Waals surface area (Å²) in [4.78, 5) is 22.0. The first-order chi connectivity index (χ1) is 9.16. The van der Waals surface area contributed by atoms with Gasteiger partial charge in [-0.3, -0.25) is 14.9 Å². The van der Waals surface area contributed by atoms with E-state index in [4.69, 9.17) is 4.74 Å². The number of non-ortho nitro benzene ring substituents is 1. The van der Waals surface area contributed by atoms with Crippen LogP contribution in [0.4, 0.5) is 5.69 Å². The van der Waals surface area contributed by atoms with E-state index in [0.717, 1.165) is 26.1 Å². The number of benzene rings is 1. The molecular formula is C13H15NO4S. The second-order valence-corrected chi connectivity index (χ2v) is 5.64. The van der Waals surface area contributed by atoms with Gasteiger partial charge in [0.15, 0.2) is 5.78 Å². The van der Waals surface area contributed by atoms with Crippen molar-refractivity contribution in [2.24, 2.45) is 0 Å². The molecule has 1 aromatic rings. The highest BCUT2D eigenvalue weighted by atomic mass is 32.2. The van der Waals surface area contributed by atoms with Crippen LogP contribution in [0, 0.1) is 10.1 Å². The standard InChI is InChI=1S/C13H15NO4S/c15-13(9-19-12-5-7-18-8-6-12)10-1-3-11(4-2-10)14(16)17/h1-4,12H,5-9H2. The van der Waals surface area contributed by atoms with Crippen LogP contribution in [0.15, 0.2) is 24.3 Å². The van der Waals surface area contributed by atoms with Crippen molar-refractivity contribution in [3.63, 3.8) is 0 Å². The number of nitrogens with zero attached hydrogens (tertiary/aromatic N) is 1. The third-order valence-electron chi connectivity index (χ3n) is 3.02.